The number of carbonyl (C=O) groups excluding carboxylic acids is 1. The molecule has 7 heteroatoms. The highest BCUT2D eigenvalue weighted by molar-refractivity contribution is 6.30. The van der Waals surface area contributed by atoms with Crippen molar-refractivity contribution >= 4 is 17.5 Å². The minimum atomic E-state index is -0.440. The second kappa shape index (κ2) is 7.17. The van der Waals surface area contributed by atoms with E-state index >= 15 is 0 Å². The van der Waals surface area contributed by atoms with Crippen LogP contribution in [0.5, 0.6) is 0 Å². The van der Waals surface area contributed by atoms with Gasteiger partial charge in [-0.05, 0) is 43.7 Å². The summed E-state index contributed by atoms with van der Waals surface area (Å²) in [5.74, 6) is -0.426. The predicted molar refractivity (Wildman–Crippen MR) is 101 cm³/mol. The highest BCUT2D eigenvalue weighted by atomic mass is 35.5. The van der Waals surface area contributed by atoms with Gasteiger partial charge in [0, 0.05) is 29.0 Å². The summed E-state index contributed by atoms with van der Waals surface area (Å²) in [6.07, 6.45) is 1.72. The summed E-state index contributed by atoms with van der Waals surface area (Å²) in [6, 6.07) is 10.1. The van der Waals surface area contributed by atoms with Gasteiger partial charge in [-0.25, -0.2) is 0 Å². The Hall–Kier alpha value is -2.86. The number of hydrogen-bond donors (Lipinski definition) is 2. The van der Waals surface area contributed by atoms with Crippen molar-refractivity contribution in [1.29, 1.82) is 0 Å². The molecule has 0 bridgehead atoms. The van der Waals surface area contributed by atoms with Gasteiger partial charge in [0.15, 0.2) is 0 Å². The van der Waals surface area contributed by atoms with Gasteiger partial charge in [0.05, 0.1) is 12.2 Å². The molecule has 26 heavy (non-hydrogen) atoms. The Bertz CT molecular complexity index is 1010. The normalized spacial score (nSPS) is 12.0. The van der Waals surface area contributed by atoms with Crippen LogP contribution in [0, 0.1) is 6.92 Å². The van der Waals surface area contributed by atoms with E-state index in [1.807, 2.05) is 20.9 Å². The fraction of sp³-hybridized carbons (Fsp3) is 0.211. The molecule has 2 aromatic heterocycles. The first-order valence-corrected chi connectivity index (χ1v) is 8.53. The number of carbonyl (C=O) groups is 1. The predicted octanol–water partition coefficient (Wildman–Crippen LogP) is 3.23. The molecular formula is C19H19ClN4O2. The number of nitrogens with one attached hydrogen (secondary N) is 2. The molecule has 0 spiro atoms. The number of amides is 1. The quantitative estimate of drug-likeness (QED) is 0.740. The van der Waals surface area contributed by atoms with E-state index in [-0.39, 0.29) is 11.6 Å². The van der Waals surface area contributed by atoms with Gasteiger partial charge < -0.3 is 10.3 Å². The number of halogens is 1. The van der Waals surface area contributed by atoms with Gasteiger partial charge in [-0.15, -0.1) is 0 Å². The van der Waals surface area contributed by atoms with Crippen LogP contribution in [0.15, 0.2) is 47.4 Å². The molecule has 2 heterocycles. The van der Waals surface area contributed by atoms with Crippen LogP contribution in [0.25, 0.3) is 11.3 Å². The lowest BCUT2D eigenvalue weighted by Gasteiger charge is -2.13. The summed E-state index contributed by atoms with van der Waals surface area (Å²) in [5.41, 5.74) is 2.94. The number of rotatable bonds is 4. The van der Waals surface area contributed by atoms with Crippen molar-refractivity contribution in [2.45, 2.75) is 19.9 Å². The summed E-state index contributed by atoms with van der Waals surface area (Å²) in [6.45, 7) is 3.79. The second-order valence-corrected chi connectivity index (χ2v) is 6.56. The first kappa shape index (κ1) is 17.9. The molecule has 0 fully saturated rings. The van der Waals surface area contributed by atoms with Crippen LogP contribution in [0.2, 0.25) is 5.02 Å². The van der Waals surface area contributed by atoms with Gasteiger partial charge in [0.1, 0.15) is 5.56 Å². The van der Waals surface area contributed by atoms with Crippen LogP contribution in [-0.2, 0) is 7.05 Å². The number of benzene rings is 1. The molecule has 3 aromatic rings. The number of nitrogens with zero attached hydrogens (tertiary/aromatic N) is 2. The van der Waals surface area contributed by atoms with Crippen LogP contribution >= 0.6 is 11.6 Å². The number of hydrogen-bond acceptors (Lipinski definition) is 3. The Morgan fingerprint density at radius 3 is 2.50 bits per heavy atom. The molecule has 0 unspecified atom stereocenters. The zero-order chi connectivity index (χ0) is 18.8. The first-order valence-electron chi connectivity index (χ1n) is 8.15. The van der Waals surface area contributed by atoms with Crippen molar-refractivity contribution in [2.24, 2.45) is 7.05 Å². The highest BCUT2D eigenvalue weighted by Crippen LogP contribution is 2.19. The fourth-order valence-corrected chi connectivity index (χ4v) is 2.87. The van der Waals surface area contributed by atoms with Crippen LogP contribution < -0.4 is 10.9 Å². The summed E-state index contributed by atoms with van der Waals surface area (Å²) in [5, 5.41) is 7.64. The van der Waals surface area contributed by atoms with Crippen molar-refractivity contribution in [1.82, 2.24) is 20.1 Å². The summed E-state index contributed by atoms with van der Waals surface area (Å²) < 4.78 is 1.74. The van der Waals surface area contributed by atoms with Crippen molar-refractivity contribution < 1.29 is 4.79 Å². The Morgan fingerprint density at radius 2 is 1.92 bits per heavy atom. The third-order valence-electron chi connectivity index (χ3n) is 4.40. The lowest BCUT2D eigenvalue weighted by atomic mass is 10.1. The molecule has 6 nitrogen and oxygen atoms in total. The van der Waals surface area contributed by atoms with Gasteiger partial charge in [-0.3, -0.25) is 14.3 Å². The molecule has 0 saturated carbocycles. The van der Waals surface area contributed by atoms with E-state index in [4.69, 9.17) is 11.6 Å². The third-order valence-corrected chi connectivity index (χ3v) is 4.65. The van der Waals surface area contributed by atoms with Gasteiger partial charge in [0.2, 0.25) is 0 Å². The SMILES string of the molecule is Cc1c([C@H](C)NC(=O)c2ccc(-c3ccc(Cl)cc3)[nH]c2=O)cnn1C. The molecule has 0 saturated heterocycles. The molecular weight excluding hydrogens is 352 g/mol. The van der Waals surface area contributed by atoms with E-state index in [2.05, 4.69) is 15.4 Å². The topological polar surface area (TPSA) is 79.8 Å². The van der Waals surface area contributed by atoms with Crippen molar-refractivity contribution in [3.8, 4) is 11.3 Å². The highest BCUT2D eigenvalue weighted by Gasteiger charge is 2.17. The largest absolute Gasteiger partial charge is 0.345 e. The molecule has 1 atom stereocenters. The van der Waals surface area contributed by atoms with Crippen molar-refractivity contribution in [3.63, 3.8) is 0 Å². The molecule has 0 aliphatic carbocycles. The average molecular weight is 371 g/mol. The van der Waals surface area contributed by atoms with Gasteiger partial charge in [-0.1, -0.05) is 23.7 Å². The molecule has 3 rings (SSSR count). The number of aromatic amines is 1. The molecule has 0 aliphatic heterocycles. The lowest BCUT2D eigenvalue weighted by molar-refractivity contribution is 0.0938. The Morgan fingerprint density at radius 1 is 1.23 bits per heavy atom. The number of aromatic nitrogens is 3. The Kier molecular flexibility index (Phi) is 4.95. The standard InChI is InChI=1S/C19H19ClN4O2/c1-11(16-10-21-24(3)12(16)2)22-18(25)15-8-9-17(23-19(15)26)13-4-6-14(20)7-5-13/h4-11H,1-3H3,(H,22,25)(H,23,26)/t11-/m0/s1. The Labute approximate surface area is 155 Å². The number of pyridine rings is 1. The van der Waals surface area contributed by atoms with Gasteiger partial charge in [-0.2, -0.15) is 5.10 Å². The van der Waals surface area contributed by atoms with Crippen LogP contribution in [-0.4, -0.2) is 20.7 Å². The maximum Gasteiger partial charge on any atom is 0.261 e. The van der Waals surface area contributed by atoms with E-state index in [0.29, 0.717) is 10.7 Å². The molecule has 0 radical (unpaired) electrons. The molecule has 134 valence electrons. The third kappa shape index (κ3) is 3.55. The first-order chi connectivity index (χ1) is 12.4. The van der Waals surface area contributed by atoms with Gasteiger partial charge >= 0.3 is 0 Å². The number of aryl methyl sites for hydroxylation is 1. The summed E-state index contributed by atoms with van der Waals surface area (Å²) in [4.78, 5) is 27.6. The van der Waals surface area contributed by atoms with E-state index in [1.54, 1.807) is 41.2 Å². The smallest absolute Gasteiger partial charge is 0.261 e. The van der Waals surface area contributed by atoms with E-state index in [9.17, 15) is 9.59 Å². The maximum absolute atomic E-state index is 12.5. The van der Waals surface area contributed by atoms with Crippen LogP contribution in [0.3, 0.4) is 0 Å². The zero-order valence-corrected chi connectivity index (χ0v) is 15.5. The Balaban J connectivity index is 1.81. The minimum absolute atomic E-state index is 0.0658. The summed E-state index contributed by atoms with van der Waals surface area (Å²) in [7, 11) is 1.84. The van der Waals surface area contributed by atoms with Crippen molar-refractivity contribution in [3.05, 3.63) is 74.8 Å². The zero-order valence-electron chi connectivity index (χ0n) is 14.7. The van der Waals surface area contributed by atoms with Gasteiger partial charge in [0.25, 0.3) is 11.5 Å². The maximum atomic E-state index is 12.5. The van der Waals surface area contributed by atoms with E-state index < -0.39 is 11.5 Å². The lowest BCUT2D eigenvalue weighted by Crippen LogP contribution is -2.31. The van der Waals surface area contributed by atoms with E-state index in [0.717, 1.165) is 16.8 Å². The molecule has 0 aliphatic rings. The molecule has 2 N–H and O–H groups in total. The minimum Gasteiger partial charge on any atom is -0.345 e. The molecule has 1 amide bonds. The van der Waals surface area contributed by atoms with Crippen LogP contribution in [0.4, 0.5) is 0 Å². The number of H-pyrrole nitrogens is 1. The van der Waals surface area contributed by atoms with E-state index in [1.165, 1.54) is 6.07 Å². The average Bonchev–Trinajstić information content (AvgIpc) is 2.94. The second-order valence-electron chi connectivity index (χ2n) is 6.13. The summed E-state index contributed by atoms with van der Waals surface area (Å²) >= 11 is 5.88. The fourth-order valence-electron chi connectivity index (χ4n) is 2.74. The molecule has 1 aromatic carbocycles. The van der Waals surface area contributed by atoms with Crippen molar-refractivity contribution in [2.75, 3.05) is 0 Å². The van der Waals surface area contributed by atoms with Crippen LogP contribution in [0.1, 0.15) is 34.6 Å². The monoisotopic (exact) mass is 370 g/mol.